The van der Waals surface area contributed by atoms with Gasteiger partial charge in [0.05, 0.1) is 7.11 Å². The van der Waals surface area contributed by atoms with E-state index in [9.17, 15) is 13.2 Å². The summed E-state index contributed by atoms with van der Waals surface area (Å²) >= 11 is 0. The molecule has 0 unspecified atom stereocenters. The topological polar surface area (TPSA) is 118 Å². The second-order valence-corrected chi connectivity index (χ2v) is 5.97. The number of methoxy groups -OCH3 is 1. The molecule has 1 aromatic rings. The van der Waals surface area contributed by atoms with Gasteiger partial charge in [0, 0.05) is 32.2 Å². The van der Waals surface area contributed by atoms with Crippen LogP contribution in [0.15, 0.2) is 18.2 Å². The fraction of sp³-hybridized carbons (Fsp3) is 0.455. The Balaban J connectivity index is 1.93. The number of hydrogen-bond donors (Lipinski definition) is 2. The number of nitrogens with one attached hydrogen (secondary N) is 1. The fourth-order valence-electron chi connectivity index (χ4n) is 1.93. The van der Waals surface area contributed by atoms with Crippen LogP contribution in [0.25, 0.3) is 0 Å². The molecule has 0 radical (unpaired) electrons. The lowest BCUT2D eigenvalue weighted by atomic mass is 10.4. The zero-order valence-electron chi connectivity index (χ0n) is 11.5. The number of carbonyl (C=O) groups excluding carboxylic acids is 1. The highest BCUT2D eigenvalue weighted by Gasteiger charge is 2.26. The van der Waals surface area contributed by atoms with Gasteiger partial charge in [-0.1, -0.05) is 6.07 Å². The first-order valence-electron chi connectivity index (χ1n) is 6.25. The van der Waals surface area contributed by atoms with E-state index in [4.69, 9.17) is 9.88 Å². The molecule has 0 aliphatic carbocycles. The molecule has 2 rings (SSSR count). The molecule has 116 valence electrons. The van der Waals surface area contributed by atoms with Gasteiger partial charge in [0.2, 0.25) is 5.88 Å². The Bertz CT molecular complexity index is 613. The Morgan fingerprint density at radius 1 is 1.33 bits per heavy atom. The number of hydrogen-bond acceptors (Lipinski definition) is 5. The molecule has 2 amide bonds. The van der Waals surface area contributed by atoms with Crippen molar-refractivity contribution in [3.05, 3.63) is 18.2 Å². The van der Waals surface area contributed by atoms with Crippen molar-refractivity contribution in [1.82, 2.24) is 14.2 Å². The van der Waals surface area contributed by atoms with Crippen LogP contribution in [0.2, 0.25) is 0 Å². The van der Waals surface area contributed by atoms with Crippen LogP contribution in [0.3, 0.4) is 0 Å². The van der Waals surface area contributed by atoms with Crippen LogP contribution in [-0.2, 0) is 10.2 Å². The number of pyridine rings is 1. The maximum atomic E-state index is 12.1. The quantitative estimate of drug-likeness (QED) is 0.775. The number of ether oxygens (including phenoxy) is 1. The minimum absolute atomic E-state index is 0.178. The Kier molecular flexibility index (Phi) is 4.60. The Labute approximate surface area is 122 Å². The third-order valence-corrected chi connectivity index (χ3v) is 4.14. The van der Waals surface area contributed by atoms with Gasteiger partial charge < -0.3 is 9.64 Å². The van der Waals surface area contributed by atoms with Crippen molar-refractivity contribution in [2.24, 2.45) is 5.14 Å². The van der Waals surface area contributed by atoms with E-state index in [0.717, 1.165) is 4.31 Å². The average Bonchev–Trinajstić information content (AvgIpc) is 2.46. The number of urea groups is 1. The van der Waals surface area contributed by atoms with Crippen LogP contribution in [0, 0.1) is 0 Å². The highest BCUT2D eigenvalue weighted by molar-refractivity contribution is 7.86. The highest BCUT2D eigenvalue weighted by Crippen LogP contribution is 2.12. The second-order valence-electron chi connectivity index (χ2n) is 4.43. The number of piperazine rings is 1. The number of anilines is 1. The standard InChI is InChI=1S/C11H17N5O4S/c1-20-10-4-2-3-9(13-10)14-11(17)15-5-7-16(8-6-15)21(12,18)19/h2-4H,5-8H2,1H3,(H2,12,18,19)(H,13,14,17). The van der Waals surface area contributed by atoms with Crippen LogP contribution in [0.5, 0.6) is 5.88 Å². The SMILES string of the molecule is COc1cccc(NC(=O)N2CCN(S(N)(=O)=O)CC2)n1. The molecule has 0 bridgehead atoms. The fourth-order valence-corrected chi connectivity index (χ4v) is 2.60. The van der Waals surface area contributed by atoms with Crippen molar-refractivity contribution in [3.8, 4) is 5.88 Å². The number of rotatable bonds is 3. The Hall–Kier alpha value is -1.91. The molecule has 10 heteroatoms. The molecule has 9 nitrogen and oxygen atoms in total. The van der Waals surface area contributed by atoms with Crippen LogP contribution < -0.4 is 15.2 Å². The Morgan fingerprint density at radius 3 is 2.57 bits per heavy atom. The van der Waals surface area contributed by atoms with E-state index in [1.54, 1.807) is 18.2 Å². The molecular weight excluding hydrogens is 298 g/mol. The van der Waals surface area contributed by atoms with Crippen molar-refractivity contribution >= 4 is 22.1 Å². The van der Waals surface area contributed by atoms with E-state index in [1.165, 1.54) is 12.0 Å². The third kappa shape index (κ3) is 4.03. The summed E-state index contributed by atoms with van der Waals surface area (Å²) in [5.74, 6) is 0.764. The van der Waals surface area contributed by atoms with Gasteiger partial charge in [0.15, 0.2) is 0 Å². The summed E-state index contributed by atoms with van der Waals surface area (Å²) in [5.41, 5.74) is 0. The van der Waals surface area contributed by atoms with E-state index in [-0.39, 0.29) is 32.2 Å². The van der Waals surface area contributed by atoms with Crippen molar-refractivity contribution in [2.45, 2.75) is 0 Å². The number of nitrogens with zero attached hydrogens (tertiary/aromatic N) is 3. The van der Waals surface area contributed by atoms with Gasteiger partial charge >= 0.3 is 6.03 Å². The van der Waals surface area contributed by atoms with Crippen LogP contribution in [0.4, 0.5) is 10.6 Å². The molecule has 0 saturated carbocycles. The molecular formula is C11H17N5O4S. The first-order chi connectivity index (χ1) is 9.90. The molecule has 1 saturated heterocycles. The van der Waals surface area contributed by atoms with Crippen molar-refractivity contribution in [1.29, 1.82) is 0 Å². The molecule has 1 aliphatic rings. The van der Waals surface area contributed by atoms with Gasteiger partial charge in [-0.3, -0.25) is 5.32 Å². The van der Waals surface area contributed by atoms with Crippen LogP contribution in [-0.4, -0.2) is 61.9 Å². The summed E-state index contributed by atoms with van der Waals surface area (Å²) in [4.78, 5) is 17.6. The summed E-state index contributed by atoms with van der Waals surface area (Å²) in [5, 5.41) is 7.68. The number of amides is 2. The van der Waals surface area contributed by atoms with E-state index < -0.39 is 10.2 Å². The predicted molar refractivity (Wildman–Crippen MR) is 76.1 cm³/mol. The zero-order chi connectivity index (χ0) is 15.5. The van der Waals surface area contributed by atoms with Crippen LogP contribution >= 0.6 is 0 Å². The van der Waals surface area contributed by atoms with E-state index in [2.05, 4.69) is 10.3 Å². The number of carbonyl (C=O) groups is 1. The van der Waals surface area contributed by atoms with Gasteiger partial charge in [-0.25, -0.2) is 9.93 Å². The average molecular weight is 315 g/mol. The molecule has 1 fully saturated rings. The summed E-state index contributed by atoms with van der Waals surface area (Å²) < 4.78 is 28.5. The van der Waals surface area contributed by atoms with Gasteiger partial charge in [0.25, 0.3) is 10.2 Å². The number of nitrogens with two attached hydrogens (primary N) is 1. The van der Waals surface area contributed by atoms with Crippen LogP contribution in [0.1, 0.15) is 0 Å². The van der Waals surface area contributed by atoms with Gasteiger partial charge in [-0.05, 0) is 6.07 Å². The Morgan fingerprint density at radius 2 is 2.00 bits per heavy atom. The van der Waals surface area contributed by atoms with E-state index in [1.807, 2.05) is 0 Å². The molecule has 1 aromatic heterocycles. The van der Waals surface area contributed by atoms with Gasteiger partial charge in [-0.2, -0.15) is 17.7 Å². The van der Waals surface area contributed by atoms with Crippen molar-refractivity contribution in [2.75, 3.05) is 38.6 Å². The minimum Gasteiger partial charge on any atom is -0.481 e. The first-order valence-corrected chi connectivity index (χ1v) is 7.75. The zero-order valence-corrected chi connectivity index (χ0v) is 12.3. The molecule has 0 aromatic carbocycles. The maximum absolute atomic E-state index is 12.1. The van der Waals surface area contributed by atoms with Gasteiger partial charge in [0.1, 0.15) is 5.82 Å². The lowest BCUT2D eigenvalue weighted by molar-refractivity contribution is 0.184. The summed E-state index contributed by atoms with van der Waals surface area (Å²) in [7, 11) is -2.21. The van der Waals surface area contributed by atoms with Gasteiger partial charge in [-0.15, -0.1) is 0 Å². The monoisotopic (exact) mass is 315 g/mol. The van der Waals surface area contributed by atoms with Crippen molar-refractivity contribution in [3.63, 3.8) is 0 Å². The predicted octanol–water partition coefficient (Wildman–Crippen LogP) is -0.557. The summed E-state index contributed by atoms with van der Waals surface area (Å²) in [6, 6.07) is 4.67. The highest BCUT2D eigenvalue weighted by atomic mass is 32.2. The third-order valence-electron chi connectivity index (χ3n) is 3.05. The second kappa shape index (κ2) is 6.24. The molecule has 0 spiro atoms. The smallest absolute Gasteiger partial charge is 0.323 e. The molecule has 2 heterocycles. The molecule has 0 atom stereocenters. The lowest BCUT2D eigenvalue weighted by Gasteiger charge is -2.32. The molecule has 21 heavy (non-hydrogen) atoms. The summed E-state index contributed by atoms with van der Waals surface area (Å²) in [6.45, 7) is 0.897. The summed E-state index contributed by atoms with van der Waals surface area (Å²) in [6.07, 6.45) is 0. The maximum Gasteiger partial charge on any atom is 0.323 e. The molecule has 3 N–H and O–H groups in total. The normalized spacial score (nSPS) is 16.6. The largest absolute Gasteiger partial charge is 0.481 e. The molecule has 1 aliphatic heterocycles. The number of aromatic nitrogens is 1. The van der Waals surface area contributed by atoms with E-state index in [0.29, 0.717) is 11.7 Å². The van der Waals surface area contributed by atoms with Crippen molar-refractivity contribution < 1.29 is 17.9 Å². The first kappa shape index (κ1) is 15.5. The van der Waals surface area contributed by atoms with E-state index >= 15 is 0 Å². The minimum atomic E-state index is -3.70. The lowest BCUT2D eigenvalue weighted by Crippen LogP contribution is -2.53.